The third kappa shape index (κ3) is 3.24. The molecule has 0 heterocycles. The number of halogens is 4. The Kier molecular flexibility index (Phi) is 4.40. The fraction of sp³-hybridized carbons (Fsp3) is 0.143. The van der Waals surface area contributed by atoms with Gasteiger partial charge in [-0.2, -0.15) is 0 Å². The van der Waals surface area contributed by atoms with E-state index in [0.29, 0.717) is 5.56 Å². The molecule has 0 aliphatic rings. The molecule has 0 saturated carbocycles. The highest BCUT2D eigenvalue weighted by Crippen LogP contribution is 2.27. The average Bonchev–Trinajstić information content (AvgIpc) is 2.33. The molecule has 100 valence electrons. The van der Waals surface area contributed by atoms with Crippen molar-refractivity contribution in [2.75, 3.05) is 0 Å². The zero-order chi connectivity index (χ0) is 14.0. The summed E-state index contributed by atoms with van der Waals surface area (Å²) in [4.78, 5) is 0. The van der Waals surface area contributed by atoms with E-state index in [9.17, 15) is 8.78 Å². The Balaban J connectivity index is 2.25. The van der Waals surface area contributed by atoms with Crippen LogP contribution in [0, 0.1) is 11.6 Å². The van der Waals surface area contributed by atoms with Crippen LogP contribution in [-0.4, -0.2) is 0 Å². The van der Waals surface area contributed by atoms with Crippen LogP contribution in [0.1, 0.15) is 17.2 Å². The van der Waals surface area contributed by atoms with Crippen LogP contribution < -0.4 is 5.73 Å². The summed E-state index contributed by atoms with van der Waals surface area (Å²) in [7, 11) is 0. The van der Waals surface area contributed by atoms with Crippen LogP contribution in [0.5, 0.6) is 0 Å². The molecule has 0 radical (unpaired) electrons. The van der Waals surface area contributed by atoms with Gasteiger partial charge >= 0.3 is 0 Å². The molecule has 1 atom stereocenters. The quantitative estimate of drug-likeness (QED) is 0.886. The summed E-state index contributed by atoms with van der Waals surface area (Å²) in [5.41, 5.74) is 6.81. The Hall–Kier alpha value is -1.16. The summed E-state index contributed by atoms with van der Waals surface area (Å²) in [6.45, 7) is 0. The highest BCUT2D eigenvalue weighted by atomic mass is 35.5. The maximum Gasteiger partial charge on any atom is 0.142 e. The number of hydrogen-bond donors (Lipinski definition) is 1. The maximum absolute atomic E-state index is 13.7. The van der Waals surface area contributed by atoms with Crippen molar-refractivity contribution in [1.29, 1.82) is 0 Å². The average molecular weight is 302 g/mol. The van der Waals surface area contributed by atoms with Gasteiger partial charge in [-0.3, -0.25) is 0 Å². The van der Waals surface area contributed by atoms with Gasteiger partial charge in [-0.05, 0) is 36.2 Å². The van der Waals surface area contributed by atoms with Gasteiger partial charge in [-0.1, -0.05) is 35.3 Å². The lowest BCUT2D eigenvalue weighted by molar-refractivity contribution is 0.578. The summed E-state index contributed by atoms with van der Waals surface area (Å²) in [5, 5.41) is 0.309. The van der Waals surface area contributed by atoms with Gasteiger partial charge in [0.15, 0.2) is 0 Å². The normalized spacial score (nSPS) is 12.5. The van der Waals surface area contributed by atoms with Gasteiger partial charge in [-0.15, -0.1) is 0 Å². The van der Waals surface area contributed by atoms with Gasteiger partial charge in [0.25, 0.3) is 0 Å². The van der Waals surface area contributed by atoms with Crippen molar-refractivity contribution in [3.8, 4) is 0 Å². The lowest BCUT2D eigenvalue weighted by Gasteiger charge is -2.15. The molecule has 19 heavy (non-hydrogen) atoms. The summed E-state index contributed by atoms with van der Waals surface area (Å²) >= 11 is 11.5. The first-order valence-electron chi connectivity index (χ1n) is 5.62. The predicted molar refractivity (Wildman–Crippen MR) is 73.5 cm³/mol. The molecule has 2 aromatic rings. The largest absolute Gasteiger partial charge is 0.324 e. The van der Waals surface area contributed by atoms with Crippen LogP contribution in [0.2, 0.25) is 10.0 Å². The summed E-state index contributed by atoms with van der Waals surface area (Å²) in [5.74, 6) is -0.986. The van der Waals surface area contributed by atoms with Crippen molar-refractivity contribution in [2.24, 2.45) is 5.73 Å². The van der Waals surface area contributed by atoms with Crippen LogP contribution in [-0.2, 0) is 6.42 Å². The highest BCUT2D eigenvalue weighted by Gasteiger charge is 2.16. The smallest absolute Gasteiger partial charge is 0.142 e. The van der Waals surface area contributed by atoms with Crippen molar-refractivity contribution >= 4 is 23.2 Å². The Morgan fingerprint density at radius 3 is 2.37 bits per heavy atom. The minimum absolute atomic E-state index is 0.0428. The molecule has 0 aliphatic heterocycles. The summed E-state index contributed by atoms with van der Waals surface area (Å²) in [6, 6.07) is 8.12. The van der Waals surface area contributed by atoms with Gasteiger partial charge in [0.2, 0.25) is 0 Å². The molecule has 0 amide bonds. The second-order valence-electron chi connectivity index (χ2n) is 4.19. The van der Waals surface area contributed by atoms with Crippen molar-refractivity contribution in [2.45, 2.75) is 12.5 Å². The van der Waals surface area contributed by atoms with E-state index in [2.05, 4.69) is 0 Å². The van der Waals surface area contributed by atoms with Crippen molar-refractivity contribution < 1.29 is 8.78 Å². The summed E-state index contributed by atoms with van der Waals surface area (Å²) < 4.78 is 27.0. The zero-order valence-corrected chi connectivity index (χ0v) is 11.3. The molecule has 0 bridgehead atoms. The molecule has 0 saturated heterocycles. The second kappa shape index (κ2) is 5.87. The Labute approximate surface area is 119 Å². The van der Waals surface area contributed by atoms with E-state index < -0.39 is 17.7 Å². The molecule has 0 aromatic heterocycles. The number of nitrogens with two attached hydrogens (primary N) is 1. The SMILES string of the molecule is NC(Cc1ccc(Cl)c(F)c1)c1c(F)cccc1Cl. The minimum atomic E-state index is -0.644. The fourth-order valence-electron chi connectivity index (χ4n) is 1.89. The Morgan fingerprint density at radius 2 is 1.74 bits per heavy atom. The van der Waals surface area contributed by atoms with Crippen LogP contribution in [0.4, 0.5) is 8.78 Å². The topological polar surface area (TPSA) is 26.0 Å². The standard InChI is InChI=1S/C14H11Cl2F2N/c15-9-5-4-8(6-12(9)18)7-13(19)14-10(16)2-1-3-11(14)17/h1-6,13H,7,19H2. The number of rotatable bonds is 3. The van der Waals surface area contributed by atoms with Crippen LogP contribution in [0.25, 0.3) is 0 Å². The van der Waals surface area contributed by atoms with E-state index in [1.54, 1.807) is 12.1 Å². The summed E-state index contributed by atoms with van der Waals surface area (Å²) in [6.07, 6.45) is 0.273. The first-order valence-corrected chi connectivity index (χ1v) is 6.38. The van der Waals surface area contributed by atoms with Crippen molar-refractivity contribution in [3.05, 3.63) is 69.2 Å². The van der Waals surface area contributed by atoms with E-state index in [0.717, 1.165) is 0 Å². The van der Waals surface area contributed by atoms with E-state index in [1.165, 1.54) is 24.3 Å². The van der Waals surface area contributed by atoms with E-state index in [4.69, 9.17) is 28.9 Å². The molecule has 1 unspecified atom stereocenters. The number of hydrogen-bond acceptors (Lipinski definition) is 1. The van der Waals surface area contributed by atoms with Crippen LogP contribution in [0.3, 0.4) is 0 Å². The molecule has 2 N–H and O–H groups in total. The van der Waals surface area contributed by atoms with Crippen LogP contribution >= 0.6 is 23.2 Å². The van der Waals surface area contributed by atoms with Crippen molar-refractivity contribution in [1.82, 2.24) is 0 Å². The van der Waals surface area contributed by atoms with E-state index in [1.807, 2.05) is 0 Å². The molecular weight excluding hydrogens is 291 g/mol. The minimum Gasteiger partial charge on any atom is -0.324 e. The third-order valence-corrected chi connectivity index (χ3v) is 3.45. The van der Waals surface area contributed by atoms with Gasteiger partial charge in [-0.25, -0.2) is 8.78 Å². The lowest BCUT2D eigenvalue weighted by Crippen LogP contribution is -2.15. The molecule has 0 aliphatic carbocycles. The monoisotopic (exact) mass is 301 g/mol. The zero-order valence-electron chi connectivity index (χ0n) is 9.84. The highest BCUT2D eigenvalue weighted by molar-refractivity contribution is 6.31. The molecule has 2 aromatic carbocycles. The fourth-order valence-corrected chi connectivity index (χ4v) is 2.31. The first kappa shape index (κ1) is 14.3. The van der Waals surface area contributed by atoms with E-state index in [-0.39, 0.29) is 22.0 Å². The third-order valence-electron chi connectivity index (χ3n) is 2.81. The molecule has 0 fully saturated rings. The molecule has 0 spiro atoms. The molecule has 2 rings (SSSR count). The van der Waals surface area contributed by atoms with E-state index >= 15 is 0 Å². The van der Waals surface area contributed by atoms with Gasteiger partial charge in [0, 0.05) is 16.6 Å². The maximum atomic E-state index is 13.7. The predicted octanol–water partition coefficient (Wildman–Crippen LogP) is 4.51. The molecule has 1 nitrogen and oxygen atoms in total. The van der Waals surface area contributed by atoms with Crippen LogP contribution in [0.15, 0.2) is 36.4 Å². The molecule has 5 heteroatoms. The lowest BCUT2D eigenvalue weighted by atomic mass is 9.99. The number of benzene rings is 2. The second-order valence-corrected chi connectivity index (χ2v) is 5.01. The van der Waals surface area contributed by atoms with Gasteiger partial charge in [0.05, 0.1) is 5.02 Å². The van der Waals surface area contributed by atoms with Gasteiger partial charge < -0.3 is 5.73 Å². The Bertz CT molecular complexity index is 582. The molecular formula is C14H11Cl2F2N. The van der Waals surface area contributed by atoms with Gasteiger partial charge in [0.1, 0.15) is 11.6 Å². The first-order chi connectivity index (χ1) is 8.99. The Morgan fingerprint density at radius 1 is 1.00 bits per heavy atom. The van der Waals surface area contributed by atoms with Crippen molar-refractivity contribution in [3.63, 3.8) is 0 Å².